The highest BCUT2D eigenvalue weighted by atomic mass is 35.5. The van der Waals surface area contributed by atoms with E-state index in [-0.39, 0.29) is 0 Å². The Kier molecular flexibility index (Phi) is 6.97. The molecule has 0 radical (unpaired) electrons. The number of likely N-dealkylation sites (N-methyl/N-ethyl adjacent to an activating group) is 1. The molecule has 3 nitrogen and oxygen atoms in total. The summed E-state index contributed by atoms with van der Waals surface area (Å²) in [6.45, 7) is 3.13. The Morgan fingerprint density at radius 3 is 1.63 bits per heavy atom. The van der Waals surface area contributed by atoms with Crippen molar-refractivity contribution in [1.29, 1.82) is 0 Å². The Hall–Kier alpha value is -1.35. The first kappa shape index (κ1) is 20.4. The van der Waals surface area contributed by atoms with Crippen LogP contribution in [-0.2, 0) is 4.57 Å². The minimum absolute atomic E-state index is 0.478. The standard InChI is InChI=1S/C21H23Cl2N2OP/c1-24-12-14-25(15-13-24)27(26,16-20(22)18-8-4-2-5-9-18)17-21(23)19-10-6-3-7-11-19/h2-11,16-17H,12-15H2,1H3. The second-order valence-corrected chi connectivity index (χ2v) is 9.86. The predicted octanol–water partition coefficient (Wildman–Crippen LogP) is 5.99. The maximum absolute atomic E-state index is 14.0. The molecule has 0 spiro atoms. The summed E-state index contributed by atoms with van der Waals surface area (Å²) in [5.74, 6) is 3.36. The molecule has 0 saturated carbocycles. The molecule has 0 N–H and O–H groups in total. The number of hydrogen-bond donors (Lipinski definition) is 0. The van der Waals surface area contributed by atoms with Gasteiger partial charge in [-0.15, -0.1) is 0 Å². The normalized spacial score (nSPS) is 19.7. The van der Waals surface area contributed by atoms with E-state index in [1.165, 1.54) is 0 Å². The zero-order valence-corrected chi connectivity index (χ0v) is 17.7. The average molecular weight is 421 g/mol. The lowest BCUT2D eigenvalue weighted by molar-refractivity contribution is 0.223. The van der Waals surface area contributed by atoms with Crippen molar-refractivity contribution in [3.8, 4) is 0 Å². The molecule has 0 amide bonds. The van der Waals surface area contributed by atoms with E-state index < -0.39 is 7.29 Å². The van der Waals surface area contributed by atoms with Crippen molar-refractivity contribution in [2.75, 3.05) is 33.2 Å². The summed E-state index contributed by atoms with van der Waals surface area (Å²) in [7, 11) is -0.974. The number of halogens is 2. The Labute approximate surface area is 171 Å². The van der Waals surface area contributed by atoms with E-state index in [0.717, 1.165) is 24.2 Å². The molecule has 1 heterocycles. The van der Waals surface area contributed by atoms with Crippen molar-refractivity contribution < 1.29 is 4.57 Å². The van der Waals surface area contributed by atoms with Gasteiger partial charge in [-0.25, -0.2) is 4.67 Å². The first-order valence-electron chi connectivity index (χ1n) is 8.89. The maximum atomic E-state index is 14.0. The van der Waals surface area contributed by atoms with Gasteiger partial charge < -0.3 is 4.90 Å². The molecule has 0 unspecified atom stereocenters. The molecule has 1 aliphatic heterocycles. The van der Waals surface area contributed by atoms with Gasteiger partial charge in [-0.1, -0.05) is 83.9 Å². The van der Waals surface area contributed by atoms with Gasteiger partial charge in [-0.05, 0) is 18.2 Å². The molecule has 2 aromatic carbocycles. The third-order valence-corrected chi connectivity index (χ3v) is 8.12. The van der Waals surface area contributed by atoms with Gasteiger partial charge >= 0.3 is 0 Å². The molecule has 2 aromatic rings. The largest absolute Gasteiger partial charge is 0.304 e. The van der Waals surface area contributed by atoms with Crippen molar-refractivity contribution >= 4 is 40.6 Å². The lowest BCUT2D eigenvalue weighted by atomic mass is 10.2. The monoisotopic (exact) mass is 420 g/mol. The Morgan fingerprint density at radius 2 is 1.22 bits per heavy atom. The minimum Gasteiger partial charge on any atom is -0.304 e. The Balaban J connectivity index is 2.00. The highest BCUT2D eigenvalue weighted by Crippen LogP contribution is 2.57. The molecular weight excluding hydrogens is 398 g/mol. The van der Waals surface area contributed by atoms with Gasteiger partial charge in [0.15, 0.2) is 7.29 Å². The van der Waals surface area contributed by atoms with E-state index in [1.54, 1.807) is 11.6 Å². The van der Waals surface area contributed by atoms with Crippen LogP contribution in [0.2, 0.25) is 0 Å². The summed E-state index contributed by atoms with van der Waals surface area (Å²) in [6.07, 6.45) is 0. The van der Waals surface area contributed by atoms with Crippen LogP contribution >= 0.6 is 30.5 Å². The number of benzene rings is 2. The van der Waals surface area contributed by atoms with Crippen LogP contribution in [0.5, 0.6) is 0 Å². The lowest BCUT2D eigenvalue weighted by Crippen LogP contribution is -2.42. The molecule has 0 bridgehead atoms. The van der Waals surface area contributed by atoms with Crippen molar-refractivity contribution in [1.82, 2.24) is 9.57 Å². The van der Waals surface area contributed by atoms with Gasteiger partial charge in [-0.3, -0.25) is 4.57 Å². The van der Waals surface area contributed by atoms with Crippen LogP contribution in [0.1, 0.15) is 11.1 Å². The fourth-order valence-electron chi connectivity index (χ4n) is 2.98. The van der Waals surface area contributed by atoms with Gasteiger partial charge in [0.1, 0.15) is 0 Å². The van der Waals surface area contributed by atoms with Gasteiger partial charge in [0.05, 0.1) is 10.1 Å². The molecular formula is C21H23Cl2N2OP. The topological polar surface area (TPSA) is 23.6 Å². The van der Waals surface area contributed by atoms with Gasteiger partial charge in [0, 0.05) is 37.8 Å². The van der Waals surface area contributed by atoms with Crippen LogP contribution in [0.25, 0.3) is 10.1 Å². The number of rotatable bonds is 5. The predicted molar refractivity (Wildman–Crippen MR) is 117 cm³/mol. The van der Waals surface area contributed by atoms with E-state index in [2.05, 4.69) is 11.9 Å². The Bertz CT molecular complexity index is 801. The van der Waals surface area contributed by atoms with Crippen LogP contribution in [0.3, 0.4) is 0 Å². The van der Waals surface area contributed by atoms with E-state index in [0.29, 0.717) is 23.2 Å². The molecule has 142 valence electrons. The third-order valence-electron chi connectivity index (χ3n) is 4.62. The molecule has 6 heteroatoms. The molecule has 0 aromatic heterocycles. The molecule has 27 heavy (non-hydrogen) atoms. The third kappa shape index (κ3) is 5.34. The number of hydrogen-bond acceptors (Lipinski definition) is 2. The summed E-state index contributed by atoms with van der Waals surface area (Å²) in [5, 5.41) is 0.957. The molecule has 0 aliphatic carbocycles. The van der Waals surface area contributed by atoms with Crippen molar-refractivity contribution in [3.63, 3.8) is 0 Å². The number of piperazine rings is 1. The molecule has 1 aliphatic rings. The van der Waals surface area contributed by atoms with E-state index in [4.69, 9.17) is 23.2 Å². The fourth-order valence-corrected chi connectivity index (χ4v) is 6.22. The second kappa shape index (κ2) is 9.23. The molecule has 1 fully saturated rings. The van der Waals surface area contributed by atoms with Crippen molar-refractivity contribution in [3.05, 3.63) is 83.4 Å². The zero-order valence-electron chi connectivity index (χ0n) is 15.3. The molecule has 3 rings (SSSR count). The number of nitrogens with zero attached hydrogens (tertiary/aromatic N) is 2. The van der Waals surface area contributed by atoms with Crippen LogP contribution in [0, 0.1) is 0 Å². The van der Waals surface area contributed by atoms with E-state index in [1.807, 2.05) is 65.3 Å². The smallest absolute Gasteiger partial charge is 0.196 e. The summed E-state index contributed by atoms with van der Waals surface area (Å²) < 4.78 is 16.0. The molecule has 0 atom stereocenters. The van der Waals surface area contributed by atoms with Crippen molar-refractivity contribution in [2.45, 2.75) is 0 Å². The molecule has 1 saturated heterocycles. The van der Waals surface area contributed by atoms with Crippen molar-refractivity contribution in [2.24, 2.45) is 0 Å². The zero-order chi connectivity index (χ0) is 19.3. The summed E-state index contributed by atoms with van der Waals surface area (Å²) in [4.78, 5) is 2.23. The summed E-state index contributed by atoms with van der Waals surface area (Å²) >= 11 is 13.1. The van der Waals surface area contributed by atoms with Crippen LogP contribution in [0.4, 0.5) is 0 Å². The van der Waals surface area contributed by atoms with Crippen LogP contribution in [0.15, 0.2) is 72.3 Å². The van der Waals surface area contributed by atoms with Gasteiger partial charge in [-0.2, -0.15) is 0 Å². The summed E-state index contributed by atoms with van der Waals surface area (Å²) in [5.41, 5.74) is 1.69. The highest BCUT2D eigenvalue weighted by molar-refractivity contribution is 7.68. The minimum atomic E-state index is -3.05. The quantitative estimate of drug-likeness (QED) is 0.555. The first-order chi connectivity index (χ1) is 13.0. The summed E-state index contributed by atoms with van der Waals surface area (Å²) in [6, 6.07) is 19.2. The fraction of sp³-hybridized carbons (Fsp3) is 0.238. The van der Waals surface area contributed by atoms with E-state index in [9.17, 15) is 4.57 Å². The maximum Gasteiger partial charge on any atom is 0.196 e. The first-order valence-corrected chi connectivity index (χ1v) is 11.4. The van der Waals surface area contributed by atoms with Crippen LogP contribution in [-0.4, -0.2) is 42.8 Å². The SMILES string of the molecule is CN1CCN(P(=O)(C=C(Cl)c2ccccc2)C=C(Cl)c2ccccc2)CC1. The van der Waals surface area contributed by atoms with Crippen LogP contribution < -0.4 is 0 Å². The Morgan fingerprint density at radius 1 is 0.815 bits per heavy atom. The van der Waals surface area contributed by atoms with Gasteiger partial charge in [0.2, 0.25) is 0 Å². The average Bonchev–Trinajstić information content (AvgIpc) is 2.69. The highest BCUT2D eigenvalue weighted by Gasteiger charge is 2.30. The van der Waals surface area contributed by atoms with Gasteiger partial charge in [0.25, 0.3) is 0 Å². The lowest BCUT2D eigenvalue weighted by Gasteiger charge is -2.35. The van der Waals surface area contributed by atoms with E-state index >= 15 is 0 Å². The second-order valence-electron chi connectivity index (χ2n) is 6.62.